The van der Waals surface area contributed by atoms with E-state index in [4.69, 9.17) is 0 Å². The highest BCUT2D eigenvalue weighted by Gasteiger charge is 2.05. The Morgan fingerprint density at radius 3 is 2.17 bits per heavy atom. The van der Waals surface area contributed by atoms with Gasteiger partial charge in [-0.25, -0.2) is 0 Å². The average Bonchev–Trinajstić information content (AvgIpc) is 2.61. The number of hydrogen-bond donors (Lipinski definition) is 0. The van der Waals surface area contributed by atoms with Gasteiger partial charge in [-0.1, -0.05) is 25.8 Å². The molecular formula is C11H12P. The Bertz CT molecular complexity index is 334. The van der Waals surface area contributed by atoms with Gasteiger partial charge in [0.1, 0.15) is 0 Å². The zero-order chi connectivity index (χ0) is 8.55. The van der Waals surface area contributed by atoms with Crippen LogP contribution in [0.5, 0.6) is 0 Å². The van der Waals surface area contributed by atoms with Crippen LogP contribution in [0.1, 0.15) is 11.1 Å². The van der Waals surface area contributed by atoms with Crippen LogP contribution in [-0.2, 0) is 0 Å². The highest BCUT2D eigenvalue weighted by molar-refractivity contribution is 7.60. The summed E-state index contributed by atoms with van der Waals surface area (Å²) < 4.78 is 0. The maximum absolute atomic E-state index is 2.39. The molecule has 1 aliphatic carbocycles. The molecule has 0 amide bonds. The van der Waals surface area contributed by atoms with Crippen molar-refractivity contribution in [2.45, 2.75) is 13.8 Å². The second-order valence-corrected chi connectivity index (χ2v) is 5.02. The van der Waals surface area contributed by atoms with Crippen LogP contribution >= 0.6 is 7.53 Å². The number of allylic oxidation sites excluding steroid dienone is 4. The monoisotopic (exact) mass is 175 g/mol. The fourth-order valence-corrected chi connectivity index (χ4v) is 3.47. The Morgan fingerprint density at radius 1 is 1.00 bits per heavy atom. The van der Waals surface area contributed by atoms with Crippen LogP contribution in [0.2, 0.25) is 0 Å². The summed E-state index contributed by atoms with van der Waals surface area (Å²) in [5.74, 6) is 4.78. The quantitative estimate of drug-likeness (QED) is 0.607. The highest BCUT2D eigenvalue weighted by atomic mass is 31.1. The molecule has 0 saturated carbocycles. The molecule has 0 aliphatic heterocycles. The van der Waals surface area contributed by atoms with Gasteiger partial charge in [-0.05, 0) is 41.9 Å². The molecule has 2 rings (SSSR count). The minimum Gasteiger partial charge on any atom is -0.0964 e. The van der Waals surface area contributed by atoms with Gasteiger partial charge in [0.05, 0.1) is 0 Å². The molecule has 0 saturated heterocycles. The van der Waals surface area contributed by atoms with Crippen molar-refractivity contribution in [1.29, 1.82) is 0 Å². The Hall–Kier alpha value is -0.740. The maximum Gasteiger partial charge on any atom is 0.0168 e. The first-order chi connectivity index (χ1) is 5.77. The molecule has 0 atom stereocenters. The molecule has 0 nitrogen and oxygen atoms in total. The first-order valence-corrected chi connectivity index (χ1v) is 5.62. The zero-order valence-electron chi connectivity index (χ0n) is 7.41. The molecule has 61 valence electrons. The molecule has 0 unspecified atom stereocenters. The van der Waals surface area contributed by atoms with Crippen molar-refractivity contribution < 1.29 is 0 Å². The molecule has 1 heteroatoms. The van der Waals surface area contributed by atoms with Crippen LogP contribution in [-0.4, -0.2) is 0 Å². The van der Waals surface area contributed by atoms with Crippen molar-refractivity contribution >= 4 is 12.8 Å². The van der Waals surface area contributed by atoms with Gasteiger partial charge >= 0.3 is 0 Å². The second-order valence-electron chi connectivity index (χ2n) is 3.17. The first-order valence-electron chi connectivity index (χ1n) is 4.14. The van der Waals surface area contributed by atoms with Gasteiger partial charge in [-0.2, -0.15) is 0 Å². The topological polar surface area (TPSA) is 0 Å². The van der Waals surface area contributed by atoms with Crippen LogP contribution in [0.25, 0.3) is 5.31 Å². The molecule has 1 aliphatic rings. The van der Waals surface area contributed by atoms with E-state index in [9.17, 15) is 0 Å². The molecule has 1 radical (unpaired) electrons. The number of rotatable bonds is 1. The lowest BCUT2D eigenvalue weighted by molar-refractivity contribution is 1.41. The summed E-state index contributed by atoms with van der Waals surface area (Å²) in [6.07, 6.45) is 8.65. The third-order valence-corrected chi connectivity index (χ3v) is 4.46. The van der Waals surface area contributed by atoms with Crippen LogP contribution in [0, 0.1) is 20.3 Å². The molecule has 1 heterocycles. The van der Waals surface area contributed by atoms with Crippen molar-refractivity contribution in [2.24, 2.45) is 0 Å². The van der Waals surface area contributed by atoms with Gasteiger partial charge in [-0.3, -0.25) is 0 Å². The van der Waals surface area contributed by atoms with Crippen LogP contribution < -0.4 is 0 Å². The van der Waals surface area contributed by atoms with E-state index in [1.165, 1.54) is 16.4 Å². The lowest BCUT2D eigenvalue weighted by Gasteiger charge is -1.95. The SMILES string of the molecule is Cc1cp(C2=CC=C[CH]2)cc1C. The fourth-order valence-electron chi connectivity index (χ4n) is 1.34. The molecule has 0 bridgehead atoms. The summed E-state index contributed by atoms with van der Waals surface area (Å²) in [5, 5.41) is 1.47. The van der Waals surface area contributed by atoms with E-state index in [1.807, 2.05) is 0 Å². The summed E-state index contributed by atoms with van der Waals surface area (Å²) in [6, 6.07) is 0. The molecule has 0 spiro atoms. The van der Waals surface area contributed by atoms with Crippen LogP contribution in [0.4, 0.5) is 0 Å². The average molecular weight is 175 g/mol. The van der Waals surface area contributed by atoms with E-state index in [0.717, 1.165) is 0 Å². The van der Waals surface area contributed by atoms with Gasteiger partial charge in [0.25, 0.3) is 0 Å². The van der Waals surface area contributed by atoms with E-state index >= 15 is 0 Å². The second kappa shape index (κ2) is 2.95. The standard InChI is InChI=1S/C11H12P/c1-9-7-12(8-10(9)2)11-5-3-4-6-11/h3-8H,1-2H3. The molecule has 0 aromatic carbocycles. The first kappa shape index (κ1) is 7.89. The predicted octanol–water partition coefficient (Wildman–Crippen LogP) is 3.91. The fraction of sp³-hybridized carbons (Fsp3) is 0.182. The Balaban J connectivity index is 2.35. The van der Waals surface area contributed by atoms with Crippen molar-refractivity contribution in [2.75, 3.05) is 0 Å². The van der Waals surface area contributed by atoms with E-state index in [0.29, 0.717) is 0 Å². The third-order valence-electron chi connectivity index (χ3n) is 2.23. The van der Waals surface area contributed by atoms with Crippen molar-refractivity contribution in [1.82, 2.24) is 0 Å². The highest BCUT2D eigenvalue weighted by Crippen LogP contribution is 2.45. The van der Waals surface area contributed by atoms with Gasteiger partial charge < -0.3 is 0 Å². The zero-order valence-corrected chi connectivity index (χ0v) is 8.31. The predicted molar refractivity (Wildman–Crippen MR) is 56.3 cm³/mol. The number of aryl methyl sites for hydroxylation is 2. The molecule has 1 aromatic rings. The van der Waals surface area contributed by atoms with E-state index < -0.39 is 0 Å². The molecular weight excluding hydrogens is 163 g/mol. The van der Waals surface area contributed by atoms with Gasteiger partial charge in [0.15, 0.2) is 0 Å². The minimum atomic E-state index is -0.106. The summed E-state index contributed by atoms with van der Waals surface area (Å²) >= 11 is 0. The van der Waals surface area contributed by atoms with Crippen LogP contribution in [0.15, 0.2) is 29.8 Å². The van der Waals surface area contributed by atoms with Crippen molar-refractivity contribution in [3.05, 3.63) is 47.4 Å². The largest absolute Gasteiger partial charge is 0.0964 e. The normalized spacial score (nSPS) is 15.3. The van der Waals surface area contributed by atoms with Gasteiger partial charge in [0, 0.05) is 6.42 Å². The van der Waals surface area contributed by atoms with E-state index in [2.05, 4.69) is 50.1 Å². The number of hydrogen-bond acceptors (Lipinski definition) is 0. The lowest BCUT2D eigenvalue weighted by Crippen LogP contribution is -1.63. The molecule has 1 aromatic heterocycles. The smallest absolute Gasteiger partial charge is 0.0168 e. The minimum absolute atomic E-state index is 0.106. The lowest BCUT2D eigenvalue weighted by atomic mass is 10.2. The Labute approximate surface area is 74.7 Å². The molecule has 0 N–H and O–H groups in total. The van der Waals surface area contributed by atoms with Crippen LogP contribution in [0.3, 0.4) is 0 Å². The van der Waals surface area contributed by atoms with Gasteiger partial charge in [-0.15, -0.1) is 0 Å². The van der Waals surface area contributed by atoms with E-state index in [1.54, 1.807) is 0 Å². The Morgan fingerprint density at radius 2 is 1.67 bits per heavy atom. The van der Waals surface area contributed by atoms with Crippen molar-refractivity contribution in [3.63, 3.8) is 0 Å². The maximum atomic E-state index is 2.39. The molecule has 0 fully saturated rings. The summed E-state index contributed by atoms with van der Waals surface area (Å²) in [5.41, 5.74) is 2.89. The summed E-state index contributed by atoms with van der Waals surface area (Å²) in [4.78, 5) is 0. The van der Waals surface area contributed by atoms with E-state index in [-0.39, 0.29) is 7.53 Å². The Kier molecular flexibility index (Phi) is 1.94. The van der Waals surface area contributed by atoms with Gasteiger partial charge in [0.2, 0.25) is 0 Å². The molecule has 12 heavy (non-hydrogen) atoms. The summed E-state index contributed by atoms with van der Waals surface area (Å²) in [6.45, 7) is 4.38. The third kappa shape index (κ3) is 1.28. The summed E-state index contributed by atoms with van der Waals surface area (Å²) in [7, 11) is -0.106. The van der Waals surface area contributed by atoms with Crippen molar-refractivity contribution in [3.8, 4) is 0 Å².